The topological polar surface area (TPSA) is 79.2 Å². The number of amides is 1. The number of hydrogen-bond donors (Lipinski definition) is 1. The van der Waals surface area contributed by atoms with Crippen LogP contribution >= 0.6 is 0 Å². The van der Waals surface area contributed by atoms with Crippen LogP contribution in [0.5, 0.6) is 0 Å². The van der Waals surface area contributed by atoms with E-state index in [4.69, 9.17) is 10.00 Å². The third-order valence-electron chi connectivity index (χ3n) is 4.19. The normalized spacial score (nSPS) is 10.2. The molecule has 0 spiro atoms. The third-order valence-corrected chi connectivity index (χ3v) is 4.19. The van der Waals surface area contributed by atoms with E-state index in [2.05, 4.69) is 11.4 Å². The monoisotopic (exact) mass is 358 g/mol. The molecule has 27 heavy (non-hydrogen) atoms. The Labute approximate surface area is 157 Å². The molecule has 134 valence electrons. The number of carbonyl (C=O) groups is 2. The molecule has 1 amide bonds. The molecule has 0 saturated carbocycles. The van der Waals surface area contributed by atoms with Crippen molar-refractivity contribution in [3.63, 3.8) is 0 Å². The summed E-state index contributed by atoms with van der Waals surface area (Å²) >= 11 is 0. The van der Waals surface area contributed by atoms with Crippen LogP contribution in [0.15, 0.2) is 66.7 Å². The Hall–Kier alpha value is -3.65. The van der Waals surface area contributed by atoms with Crippen molar-refractivity contribution < 1.29 is 14.3 Å². The summed E-state index contributed by atoms with van der Waals surface area (Å²) in [5.41, 5.74) is 2.00. The predicted molar refractivity (Wildman–Crippen MR) is 102 cm³/mol. The number of nitrogens with one attached hydrogen (secondary N) is 1. The molecule has 0 bridgehead atoms. The summed E-state index contributed by atoms with van der Waals surface area (Å²) in [6.45, 7) is -0.208. The molecular formula is C22H18N2O3. The van der Waals surface area contributed by atoms with E-state index >= 15 is 0 Å². The highest BCUT2D eigenvalue weighted by atomic mass is 16.5. The summed E-state index contributed by atoms with van der Waals surface area (Å²) in [7, 11) is 0. The van der Waals surface area contributed by atoms with Crippen LogP contribution in [0, 0.1) is 11.3 Å². The predicted octanol–water partition coefficient (Wildman–Crippen LogP) is 3.11. The number of nitrogens with zero attached hydrogens (tertiary/aromatic N) is 1. The largest absolute Gasteiger partial charge is 0.459 e. The molecule has 3 aromatic carbocycles. The molecule has 0 fully saturated rings. The van der Waals surface area contributed by atoms with E-state index in [1.165, 1.54) is 0 Å². The minimum atomic E-state index is -0.547. The molecule has 0 aliphatic heterocycles. The Morgan fingerprint density at radius 1 is 0.926 bits per heavy atom. The first kappa shape index (κ1) is 18.2. The van der Waals surface area contributed by atoms with Crippen molar-refractivity contribution in [1.82, 2.24) is 5.32 Å². The summed E-state index contributed by atoms with van der Waals surface area (Å²) in [5, 5.41) is 13.7. The highest BCUT2D eigenvalue weighted by Gasteiger charge is 2.10. The molecule has 3 rings (SSSR count). The zero-order valence-corrected chi connectivity index (χ0v) is 14.6. The smallest absolute Gasteiger partial charge is 0.325 e. The van der Waals surface area contributed by atoms with Gasteiger partial charge in [0.25, 0.3) is 0 Å². The van der Waals surface area contributed by atoms with Crippen molar-refractivity contribution in [2.24, 2.45) is 0 Å². The molecule has 0 aromatic heterocycles. The first-order valence-corrected chi connectivity index (χ1v) is 8.54. The zero-order chi connectivity index (χ0) is 19.1. The van der Waals surface area contributed by atoms with Crippen LogP contribution in [-0.4, -0.2) is 18.4 Å². The average Bonchev–Trinajstić information content (AvgIpc) is 2.71. The average molecular weight is 358 g/mol. The highest BCUT2D eigenvalue weighted by Crippen LogP contribution is 2.18. The molecule has 0 saturated heterocycles. The van der Waals surface area contributed by atoms with E-state index in [9.17, 15) is 9.59 Å². The number of benzene rings is 3. The van der Waals surface area contributed by atoms with E-state index in [0.717, 1.165) is 16.3 Å². The van der Waals surface area contributed by atoms with E-state index in [1.807, 2.05) is 42.5 Å². The highest BCUT2D eigenvalue weighted by molar-refractivity contribution is 5.91. The Morgan fingerprint density at radius 2 is 1.63 bits per heavy atom. The molecule has 0 unspecified atom stereocenters. The van der Waals surface area contributed by atoms with Gasteiger partial charge >= 0.3 is 5.97 Å². The Balaban J connectivity index is 1.51. The van der Waals surface area contributed by atoms with Crippen molar-refractivity contribution in [2.45, 2.75) is 13.0 Å². The maximum atomic E-state index is 12.2. The first-order chi connectivity index (χ1) is 13.2. The van der Waals surface area contributed by atoms with Gasteiger partial charge in [-0.3, -0.25) is 9.59 Å². The van der Waals surface area contributed by atoms with Gasteiger partial charge in [0.05, 0.1) is 18.1 Å². The lowest BCUT2D eigenvalue weighted by molar-refractivity contribution is -0.145. The number of hydrogen-bond acceptors (Lipinski definition) is 4. The van der Waals surface area contributed by atoms with E-state index in [1.54, 1.807) is 24.3 Å². The van der Waals surface area contributed by atoms with Crippen LogP contribution in [0.1, 0.15) is 16.7 Å². The van der Waals surface area contributed by atoms with Gasteiger partial charge in [-0.15, -0.1) is 0 Å². The van der Waals surface area contributed by atoms with Gasteiger partial charge in [-0.1, -0.05) is 60.7 Å². The maximum absolute atomic E-state index is 12.2. The molecule has 0 heterocycles. The molecule has 0 aliphatic carbocycles. The Bertz CT molecular complexity index is 1020. The lowest BCUT2D eigenvalue weighted by atomic mass is 10.0. The Morgan fingerprint density at radius 3 is 2.48 bits per heavy atom. The fourth-order valence-electron chi connectivity index (χ4n) is 2.82. The summed E-state index contributed by atoms with van der Waals surface area (Å²) in [6.07, 6.45) is 0.186. The molecule has 0 aliphatic rings. The van der Waals surface area contributed by atoms with Crippen molar-refractivity contribution in [3.8, 4) is 6.07 Å². The van der Waals surface area contributed by atoms with Crippen LogP contribution < -0.4 is 5.32 Å². The van der Waals surface area contributed by atoms with E-state index in [-0.39, 0.29) is 25.5 Å². The van der Waals surface area contributed by atoms with Gasteiger partial charge in [-0.25, -0.2) is 0 Å². The maximum Gasteiger partial charge on any atom is 0.325 e. The van der Waals surface area contributed by atoms with Crippen LogP contribution in [-0.2, 0) is 27.4 Å². The molecule has 0 atom stereocenters. The van der Waals surface area contributed by atoms with Gasteiger partial charge in [-0.05, 0) is 22.4 Å². The Kier molecular flexibility index (Phi) is 5.80. The number of ether oxygens (including phenoxy) is 1. The zero-order valence-electron chi connectivity index (χ0n) is 14.6. The van der Waals surface area contributed by atoms with Gasteiger partial charge in [-0.2, -0.15) is 5.26 Å². The van der Waals surface area contributed by atoms with Gasteiger partial charge < -0.3 is 10.1 Å². The van der Waals surface area contributed by atoms with E-state index in [0.29, 0.717) is 11.1 Å². The second-order valence-electron chi connectivity index (χ2n) is 6.02. The number of fused-ring (bicyclic) bond motifs is 1. The van der Waals surface area contributed by atoms with Crippen molar-refractivity contribution in [2.75, 3.05) is 6.54 Å². The van der Waals surface area contributed by atoms with Crippen molar-refractivity contribution in [3.05, 3.63) is 83.4 Å². The van der Waals surface area contributed by atoms with Gasteiger partial charge in [0.2, 0.25) is 5.91 Å². The number of esters is 1. The molecule has 5 nitrogen and oxygen atoms in total. The number of rotatable bonds is 6. The summed E-state index contributed by atoms with van der Waals surface area (Å²) in [6, 6.07) is 22.6. The molecule has 3 aromatic rings. The van der Waals surface area contributed by atoms with Crippen LogP contribution in [0.4, 0.5) is 0 Å². The molecule has 5 heteroatoms. The molecular weight excluding hydrogens is 340 g/mol. The van der Waals surface area contributed by atoms with E-state index < -0.39 is 5.97 Å². The second kappa shape index (κ2) is 8.63. The quantitative estimate of drug-likeness (QED) is 0.687. The fraction of sp³-hybridized carbons (Fsp3) is 0.136. The SMILES string of the molecule is N#Cc1ccccc1COC(=O)CNC(=O)Cc1cccc2ccccc12. The number of nitriles is 1. The van der Waals surface area contributed by atoms with Gasteiger partial charge in [0.15, 0.2) is 0 Å². The van der Waals surface area contributed by atoms with Crippen LogP contribution in [0.3, 0.4) is 0 Å². The minimum Gasteiger partial charge on any atom is -0.459 e. The summed E-state index contributed by atoms with van der Waals surface area (Å²) in [5.74, 6) is -0.797. The van der Waals surface area contributed by atoms with Crippen LogP contribution in [0.25, 0.3) is 10.8 Å². The third kappa shape index (κ3) is 4.71. The lowest BCUT2D eigenvalue weighted by Gasteiger charge is -2.09. The standard InChI is InChI=1S/C22H18N2O3/c23-13-18-7-1-2-8-19(18)15-27-22(26)14-24-21(25)12-17-10-5-9-16-6-3-4-11-20(16)17/h1-11H,12,14-15H2,(H,24,25). The number of carbonyl (C=O) groups excluding carboxylic acids is 2. The van der Waals surface area contributed by atoms with Gasteiger partial charge in [0.1, 0.15) is 13.2 Å². The minimum absolute atomic E-state index is 0.00175. The fourth-order valence-corrected chi connectivity index (χ4v) is 2.82. The molecule has 1 N–H and O–H groups in total. The first-order valence-electron chi connectivity index (χ1n) is 8.54. The second-order valence-corrected chi connectivity index (χ2v) is 6.02. The van der Waals surface area contributed by atoms with Crippen LogP contribution in [0.2, 0.25) is 0 Å². The van der Waals surface area contributed by atoms with Crippen molar-refractivity contribution in [1.29, 1.82) is 5.26 Å². The lowest BCUT2D eigenvalue weighted by Crippen LogP contribution is -2.31. The summed E-state index contributed by atoms with van der Waals surface area (Å²) in [4.78, 5) is 24.0. The van der Waals surface area contributed by atoms with Gasteiger partial charge in [0, 0.05) is 5.56 Å². The summed E-state index contributed by atoms with van der Waals surface area (Å²) < 4.78 is 5.14. The molecule has 0 radical (unpaired) electrons. The van der Waals surface area contributed by atoms with Crippen molar-refractivity contribution >= 4 is 22.6 Å².